The molecule has 24 heavy (non-hydrogen) atoms. The average molecular weight is 340 g/mol. The molecule has 118 valence electrons. The molecule has 0 aliphatic heterocycles. The number of anilines is 2. The number of aromatic nitrogens is 2. The Morgan fingerprint density at radius 1 is 1.25 bits per heavy atom. The van der Waals surface area contributed by atoms with Crippen LogP contribution >= 0.6 is 11.6 Å². The van der Waals surface area contributed by atoms with Gasteiger partial charge in [0.15, 0.2) is 0 Å². The Bertz CT molecular complexity index is 862. The second-order valence-corrected chi connectivity index (χ2v) is 4.89. The highest BCUT2D eigenvalue weighted by molar-refractivity contribution is 6.34. The number of carbonyl (C=O) groups is 1. The SMILES string of the molecule is Cc1cnc(C(=O)Nc2ccc(NN=C(C#N)C#N)cc2Cl)cn1. The second-order valence-electron chi connectivity index (χ2n) is 4.49. The average Bonchev–Trinajstić information content (AvgIpc) is 2.58. The van der Waals surface area contributed by atoms with Crippen LogP contribution in [0.2, 0.25) is 5.02 Å². The van der Waals surface area contributed by atoms with Gasteiger partial charge in [0.05, 0.1) is 28.3 Å². The number of nitrogens with zero attached hydrogens (tertiary/aromatic N) is 5. The van der Waals surface area contributed by atoms with Gasteiger partial charge in [0.2, 0.25) is 5.71 Å². The van der Waals surface area contributed by atoms with Gasteiger partial charge in [0, 0.05) is 6.20 Å². The fraction of sp³-hybridized carbons (Fsp3) is 0.0667. The minimum absolute atomic E-state index is 0.163. The topological polar surface area (TPSA) is 127 Å². The number of carbonyl (C=O) groups excluding carboxylic acids is 1. The fourth-order valence-electron chi connectivity index (χ4n) is 1.58. The normalized spacial score (nSPS) is 9.33. The van der Waals surface area contributed by atoms with Crippen LogP contribution in [-0.2, 0) is 0 Å². The molecule has 0 unspecified atom stereocenters. The summed E-state index contributed by atoms with van der Waals surface area (Å²) in [6.45, 7) is 1.77. The molecule has 2 aromatic rings. The van der Waals surface area contributed by atoms with Crippen LogP contribution in [0.15, 0.2) is 35.7 Å². The number of nitrogens with one attached hydrogen (secondary N) is 2. The first kappa shape index (κ1) is 16.9. The van der Waals surface area contributed by atoms with E-state index in [4.69, 9.17) is 22.1 Å². The van der Waals surface area contributed by atoms with Crippen molar-refractivity contribution in [2.24, 2.45) is 5.10 Å². The zero-order valence-corrected chi connectivity index (χ0v) is 13.2. The Morgan fingerprint density at radius 2 is 2.00 bits per heavy atom. The first-order valence-corrected chi connectivity index (χ1v) is 6.94. The minimum atomic E-state index is -0.445. The maximum absolute atomic E-state index is 12.1. The number of hydrogen-bond acceptors (Lipinski definition) is 7. The van der Waals surface area contributed by atoms with Gasteiger partial charge in [-0.25, -0.2) is 4.98 Å². The molecule has 1 aromatic carbocycles. The van der Waals surface area contributed by atoms with Gasteiger partial charge in [-0.05, 0) is 25.1 Å². The molecule has 1 aromatic heterocycles. The van der Waals surface area contributed by atoms with Crippen molar-refractivity contribution in [3.8, 4) is 12.1 Å². The molecule has 8 nitrogen and oxygen atoms in total. The Kier molecular flexibility index (Phi) is 5.40. The van der Waals surface area contributed by atoms with Crippen molar-refractivity contribution in [2.45, 2.75) is 6.92 Å². The van der Waals surface area contributed by atoms with Crippen LogP contribution in [0.5, 0.6) is 0 Å². The van der Waals surface area contributed by atoms with Gasteiger partial charge in [-0.3, -0.25) is 15.2 Å². The van der Waals surface area contributed by atoms with E-state index < -0.39 is 5.91 Å². The quantitative estimate of drug-likeness (QED) is 0.650. The number of aryl methyl sites for hydroxylation is 1. The number of hydrazone groups is 1. The molecular formula is C15H10ClN7O. The standard InChI is InChI=1S/C15H10ClN7O/c1-9-7-20-14(8-19-9)15(24)21-13-3-2-10(4-12(13)16)22-23-11(5-17)6-18/h2-4,7-8,22H,1H3,(H,21,24). The number of halogens is 1. The predicted octanol–water partition coefficient (Wildman–Crippen LogP) is 2.51. The van der Waals surface area contributed by atoms with Crippen molar-refractivity contribution in [3.05, 3.63) is 47.0 Å². The molecule has 0 spiro atoms. The molecule has 0 atom stereocenters. The summed E-state index contributed by atoms with van der Waals surface area (Å²) >= 11 is 6.10. The lowest BCUT2D eigenvalue weighted by Gasteiger charge is -2.08. The van der Waals surface area contributed by atoms with Crippen LogP contribution in [-0.4, -0.2) is 21.6 Å². The number of rotatable bonds is 4. The summed E-state index contributed by atoms with van der Waals surface area (Å²) in [6.07, 6.45) is 2.86. The van der Waals surface area contributed by atoms with Crippen LogP contribution in [0.25, 0.3) is 0 Å². The Balaban J connectivity index is 2.11. The van der Waals surface area contributed by atoms with E-state index in [0.717, 1.165) is 0 Å². The maximum atomic E-state index is 12.1. The molecule has 2 rings (SSSR count). The molecule has 1 heterocycles. The zero-order valence-electron chi connectivity index (χ0n) is 12.4. The number of benzene rings is 1. The number of hydrogen-bond donors (Lipinski definition) is 2. The smallest absolute Gasteiger partial charge is 0.275 e. The summed E-state index contributed by atoms with van der Waals surface area (Å²) in [5.41, 5.74) is 3.91. The van der Waals surface area contributed by atoms with E-state index >= 15 is 0 Å². The fourth-order valence-corrected chi connectivity index (χ4v) is 1.81. The summed E-state index contributed by atoms with van der Waals surface area (Å²) in [6, 6.07) is 7.87. The van der Waals surface area contributed by atoms with Crippen molar-refractivity contribution in [1.82, 2.24) is 9.97 Å². The van der Waals surface area contributed by atoms with E-state index in [2.05, 4.69) is 25.8 Å². The predicted molar refractivity (Wildman–Crippen MR) is 88.5 cm³/mol. The van der Waals surface area contributed by atoms with E-state index in [1.165, 1.54) is 18.5 Å². The minimum Gasteiger partial charge on any atom is -0.319 e. The lowest BCUT2D eigenvalue weighted by molar-refractivity contribution is 0.102. The van der Waals surface area contributed by atoms with Crippen LogP contribution in [0.3, 0.4) is 0 Å². The van der Waals surface area contributed by atoms with Gasteiger partial charge in [0.25, 0.3) is 5.91 Å². The summed E-state index contributed by atoms with van der Waals surface area (Å²) in [5.74, 6) is -0.445. The highest BCUT2D eigenvalue weighted by Crippen LogP contribution is 2.26. The van der Waals surface area contributed by atoms with E-state index in [1.807, 2.05) is 0 Å². The summed E-state index contributed by atoms with van der Waals surface area (Å²) in [7, 11) is 0. The largest absolute Gasteiger partial charge is 0.319 e. The van der Waals surface area contributed by atoms with Gasteiger partial charge in [-0.15, -0.1) is 0 Å². The van der Waals surface area contributed by atoms with Gasteiger partial charge in [0.1, 0.15) is 17.8 Å². The third kappa shape index (κ3) is 4.26. The second kappa shape index (κ2) is 7.68. The van der Waals surface area contributed by atoms with Crippen LogP contribution < -0.4 is 10.7 Å². The summed E-state index contributed by atoms with van der Waals surface area (Å²) < 4.78 is 0. The molecule has 9 heteroatoms. The highest BCUT2D eigenvalue weighted by Gasteiger charge is 2.10. The van der Waals surface area contributed by atoms with Crippen molar-refractivity contribution in [2.75, 3.05) is 10.7 Å². The molecule has 0 aliphatic carbocycles. The maximum Gasteiger partial charge on any atom is 0.275 e. The molecule has 0 radical (unpaired) electrons. The van der Waals surface area contributed by atoms with Crippen molar-refractivity contribution in [1.29, 1.82) is 10.5 Å². The van der Waals surface area contributed by atoms with Crippen molar-refractivity contribution < 1.29 is 4.79 Å². The Morgan fingerprint density at radius 3 is 2.58 bits per heavy atom. The Labute approximate surface area is 142 Å². The van der Waals surface area contributed by atoms with Gasteiger partial charge < -0.3 is 5.32 Å². The lowest BCUT2D eigenvalue weighted by Crippen LogP contribution is -2.14. The van der Waals surface area contributed by atoms with Crippen LogP contribution in [0.1, 0.15) is 16.2 Å². The van der Waals surface area contributed by atoms with E-state index in [0.29, 0.717) is 17.1 Å². The molecule has 2 N–H and O–H groups in total. The van der Waals surface area contributed by atoms with Crippen LogP contribution in [0.4, 0.5) is 11.4 Å². The molecule has 0 aliphatic rings. The third-order valence-corrected chi connectivity index (χ3v) is 3.05. The first-order valence-electron chi connectivity index (χ1n) is 6.57. The van der Waals surface area contributed by atoms with Gasteiger partial charge in [-0.1, -0.05) is 11.6 Å². The number of nitriles is 2. The van der Waals surface area contributed by atoms with E-state index in [-0.39, 0.29) is 16.4 Å². The Hall–Kier alpha value is -3.49. The number of amides is 1. The van der Waals surface area contributed by atoms with Gasteiger partial charge in [-0.2, -0.15) is 15.6 Å². The van der Waals surface area contributed by atoms with E-state index in [1.54, 1.807) is 31.2 Å². The zero-order chi connectivity index (χ0) is 17.5. The first-order chi connectivity index (χ1) is 11.5. The molecular weight excluding hydrogens is 330 g/mol. The van der Waals surface area contributed by atoms with E-state index in [9.17, 15) is 4.79 Å². The van der Waals surface area contributed by atoms with Gasteiger partial charge >= 0.3 is 0 Å². The lowest BCUT2D eigenvalue weighted by atomic mass is 10.2. The summed E-state index contributed by atoms with van der Waals surface area (Å²) in [4.78, 5) is 20.1. The highest BCUT2D eigenvalue weighted by atomic mass is 35.5. The van der Waals surface area contributed by atoms with Crippen LogP contribution in [0, 0.1) is 29.6 Å². The van der Waals surface area contributed by atoms with Crippen molar-refractivity contribution >= 4 is 34.6 Å². The summed E-state index contributed by atoms with van der Waals surface area (Å²) in [5, 5.41) is 23.7. The monoisotopic (exact) mass is 339 g/mol. The molecule has 0 saturated carbocycles. The molecule has 0 saturated heterocycles. The molecule has 0 bridgehead atoms. The molecule has 1 amide bonds. The third-order valence-electron chi connectivity index (χ3n) is 2.74. The molecule has 0 fully saturated rings. The van der Waals surface area contributed by atoms with Crippen molar-refractivity contribution in [3.63, 3.8) is 0 Å².